The van der Waals surface area contributed by atoms with Crippen molar-refractivity contribution in [1.29, 1.82) is 0 Å². The van der Waals surface area contributed by atoms with Gasteiger partial charge in [-0.3, -0.25) is 9.36 Å². The normalized spacial score (nSPS) is 12.1. The third-order valence-electron chi connectivity index (χ3n) is 4.90. The van der Waals surface area contributed by atoms with Gasteiger partial charge in [0.25, 0.3) is 5.91 Å². The molecular formula is C24H23ClN6O2S. The summed E-state index contributed by atoms with van der Waals surface area (Å²) in [5.74, 6) is 1.01. The fraction of sp³-hybridized carbons (Fsp3) is 0.167. The van der Waals surface area contributed by atoms with Gasteiger partial charge in [0.1, 0.15) is 5.76 Å². The molecule has 0 radical (unpaired) electrons. The molecule has 0 aliphatic carbocycles. The molecule has 0 saturated carbocycles. The van der Waals surface area contributed by atoms with Crippen LogP contribution in [0, 0.1) is 6.92 Å². The number of anilines is 1. The van der Waals surface area contributed by atoms with Crippen molar-refractivity contribution in [3.05, 3.63) is 89.1 Å². The van der Waals surface area contributed by atoms with E-state index in [2.05, 4.69) is 26.0 Å². The van der Waals surface area contributed by atoms with Gasteiger partial charge < -0.3 is 9.73 Å². The summed E-state index contributed by atoms with van der Waals surface area (Å²) in [7, 11) is 0. The zero-order valence-electron chi connectivity index (χ0n) is 18.6. The van der Waals surface area contributed by atoms with Crippen LogP contribution in [0.2, 0.25) is 5.02 Å². The Bertz CT molecular complexity index is 1270. The third-order valence-corrected chi connectivity index (χ3v) is 6.18. The molecule has 0 spiro atoms. The standard InChI is InChI=1S/C24H23ClN6O2S/c1-16-13-18(25)10-11-21(16)26-15-22-28-30-24(31(22)19-7-4-3-5-8-19)34-17(2)23(32)29-27-14-20-9-6-12-33-20/h3-14,17,26H,15H2,1-2H3,(H,29,32)/b27-14-/t17-/m0/s1. The Hall–Kier alpha value is -3.56. The highest BCUT2D eigenvalue weighted by Crippen LogP contribution is 2.27. The molecule has 4 rings (SSSR count). The molecule has 2 N–H and O–H groups in total. The number of thioether (sulfide) groups is 1. The zero-order chi connectivity index (χ0) is 23.9. The first-order valence-corrected chi connectivity index (χ1v) is 11.8. The number of furan rings is 1. The van der Waals surface area contributed by atoms with E-state index in [4.69, 9.17) is 16.0 Å². The Labute approximate surface area is 206 Å². The molecule has 1 atom stereocenters. The summed E-state index contributed by atoms with van der Waals surface area (Å²) in [6.07, 6.45) is 2.99. The van der Waals surface area contributed by atoms with E-state index < -0.39 is 5.25 Å². The molecule has 2 aromatic carbocycles. The molecule has 0 aliphatic heterocycles. The van der Waals surface area contributed by atoms with E-state index in [1.807, 2.05) is 60.0 Å². The van der Waals surface area contributed by atoms with E-state index in [9.17, 15) is 4.79 Å². The number of aromatic nitrogens is 3. The number of hydrazone groups is 1. The van der Waals surface area contributed by atoms with Crippen molar-refractivity contribution in [3.8, 4) is 5.69 Å². The molecule has 0 fully saturated rings. The number of aryl methyl sites for hydroxylation is 1. The topological polar surface area (TPSA) is 97.3 Å². The monoisotopic (exact) mass is 494 g/mol. The molecule has 2 heterocycles. The summed E-state index contributed by atoms with van der Waals surface area (Å²) in [6.45, 7) is 4.23. The highest BCUT2D eigenvalue weighted by Gasteiger charge is 2.21. The zero-order valence-corrected chi connectivity index (χ0v) is 20.2. The minimum atomic E-state index is -0.459. The lowest BCUT2D eigenvalue weighted by Gasteiger charge is -2.14. The lowest BCUT2D eigenvalue weighted by Crippen LogP contribution is -2.27. The quantitative estimate of drug-likeness (QED) is 0.192. The molecule has 0 saturated heterocycles. The van der Waals surface area contributed by atoms with Gasteiger partial charge in [-0.2, -0.15) is 5.10 Å². The molecule has 174 valence electrons. The second kappa shape index (κ2) is 11.0. The van der Waals surface area contributed by atoms with Crippen LogP contribution in [-0.4, -0.2) is 32.1 Å². The van der Waals surface area contributed by atoms with Crippen molar-refractivity contribution in [2.24, 2.45) is 5.10 Å². The molecule has 10 heteroatoms. The van der Waals surface area contributed by atoms with E-state index in [-0.39, 0.29) is 5.91 Å². The van der Waals surface area contributed by atoms with Crippen molar-refractivity contribution in [3.63, 3.8) is 0 Å². The van der Waals surface area contributed by atoms with Crippen LogP contribution in [0.1, 0.15) is 24.1 Å². The second-order valence-corrected chi connectivity index (χ2v) is 9.14. The fourth-order valence-corrected chi connectivity index (χ4v) is 4.26. The van der Waals surface area contributed by atoms with Crippen LogP contribution in [-0.2, 0) is 11.3 Å². The number of nitrogens with one attached hydrogen (secondary N) is 2. The summed E-state index contributed by atoms with van der Waals surface area (Å²) < 4.78 is 7.11. The van der Waals surface area contributed by atoms with Crippen molar-refractivity contribution >= 4 is 41.2 Å². The Kier molecular flexibility index (Phi) is 7.66. The largest absolute Gasteiger partial charge is 0.463 e. The number of hydrogen-bond acceptors (Lipinski definition) is 7. The second-order valence-electron chi connectivity index (χ2n) is 7.39. The smallest absolute Gasteiger partial charge is 0.253 e. The maximum Gasteiger partial charge on any atom is 0.253 e. The lowest BCUT2D eigenvalue weighted by atomic mass is 10.2. The predicted molar refractivity (Wildman–Crippen MR) is 135 cm³/mol. The minimum absolute atomic E-state index is 0.258. The third kappa shape index (κ3) is 5.86. The first kappa shape index (κ1) is 23.6. The van der Waals surface area contributed by atoms with Crippen LogP contribution in [0.25, 0.3) is 5.69 Å². The first-order chi connectivity index (χ1) is 16.5. The number of benzene rings is 2. The highest BCUT2D eigenvalue weighted by molar-refractivity contribution is 8.00. The maximum absolute atomic E-state index is 12.5. The first-order valence-electron chi connectivity index (χ1n) is 10.5. The molecule has 2 aromatic heterocycles. The number of nitrogens with zero attached hydrogens (tertiary/aromatic N) is 4. The van der Waals surface area contributed by atoms with Crippen LogP contribution in [0.5, 0.6) is 0 Å². The Balaban J connectivity index is 1.50. The number of hydrogen-bond donors (Lipinski definition) is 2. The maximum atomic E-state index is 12.5. The number of para-hydroxylation sites is 1. The van der Waals surface area contributed by atoms with Crippen LogP contribution in [0.15, 0.2) is 81.6 Å². The molecule has 0 bridgehead atoms. The molecule has 8 nitrogen and oxygen atoms in total. The van der Waals surface area contributed by atoms with E-state index in [0.29, 0.717) is 28.3 Å². The summed E-state index contributed by atoms with van der Waals surface area (Å²) in [5.41, 5.74) is 5.44. The van der Waals surface area contributed by atoms with E-state index in [0.717, 1.165) is 16.9 Å². The SMILES string of the molecule is Cc1cc(Cl)ccc1NCc1nnc(S[C@@H](C)C(=O)N/N=C\c2ccco2)n1-c1ccccc1. The van der Waals surface area contributed by atoms with Crippen molar-refractivity contribution in [1.82, 2.24) is 20.2 Å². The number of amides is 1. The summed E-state index contributed by atoms with van der Waals surface area (Å²) in [6, 6.07) is 19.0. The Morgan fingerprint density at radius 3 is 2.76 bits per heavy atom. The molecular weight excluding hydrogens is 472 g/mol. The minimum Gasteiger partial charge on any atom is -0.463 e. The van der Waals surface area contributed by atoms with Gasteiger partial charge in [-0.15, -0.1) is 10.2 Å². The summed E-state index contributed by atoms with van der Waals surface area (Å²) in [5, 5.41) is 16.9. The van der Waals surface area contributed by atoms with E-state index in [1.54, 1.807) is 25.3 Å². The van der Waals surface area contributed by atoms with Gasteiger partial charge in [0.15, 0.2) is 11.0 Å². The number of halogens is 1. The van der Waals surface area contributed by atoms with Crippen molar-refractivity contribution < 1.29 is 9.21 Å². The summed E-state index contributed by atoms with van der Waals surface area (Å²) >= 11 is 7.37. The van der Waals surface area contributed by atoms with Crippen molar-refractivity contribution in [2.45, 2.75) is 30.8 Å². The van der Waals surface area contributed by atoms with Crippen molar-refractivity contribution in [2.75, 3.05) is 5.32 Å². The Morgan fingerprint density at radius 1 is 1.21 bits per heavy atom. The average Bonchev–Trinajstić information content (AvgIpc) is 3.49. The van der Waals surface area contributed by atoms with Crippen LogP contribution >= 0.6 is 23.4 Å². The van der Waals surface area contributed by atoms with Gasteiger partial charge >= 0.3 is 0 Å². The van der Waals surface area contributed by atoms with Gasteiger partial charge in [0.2, 0.25) is 0 Å². The number of carbonyl (C=O) groups excluding carboxylic acids is 1. The van der Waals surface area contributed by atoms with Crippen LogP contribution in [0.3, 0.4) is 0 Å². The molecule has 34 heavy (non-hydrogen) atoms. The molecule has 1 amide bonds. The van der Waals surface area contributed by atoms with E-state index in [1.165, 1.54) is 18.0 Å². The summed E-state index contributed by atoms with van der Waals surface area (Å²) in [4.78, 5) is 12.5. The van der Waals surface area contributed by atoms with Gasteiger partial charge in [-0.25, -0.2) is 5.43 Å². The Morgan fingerprint density at radius 2 is 2.03 bits per heavy atom. The van der Waals surface area contributed by atoms with Gasteiger partial charge in [-0.1, -0.05) is 41.6 Å². The lowest BCUT2D eigenvalue weighted by molar-refractivity contribution is -0.120. The van der Waals surface area contributed by atoms with Crippen LogP contribution < -0.4 is 10.7 Å². The van der Waals surface area contributed by atoms with Gasteiger partial charge in [0.05, 0.1) is 24.3 Å². The van der Waals surface area contributed by atoms with E-state index >= 15 is 0 Å². The number of rotatable bonds is 9. The molecule has 4 aromatic rings. The van der Waals surface area contributed by atoms with Gasteiger partial charge in [-0.05, 0) is 61.9 Å². The highest BCUT2D eigenvalue weighted by atomic mass is 35.5. The molecule has 0 aliphatic rings. The molecule has 0 unspecified atom stereocenters. The fourth-order valence-electron chi connectivity index (χ4n) is 3.15. The number of carbonyl (C=O) groups is 1. The van der Waals surface area contributed by atoms with Gasteiger partial charge in [0, 0.05) is 16.4 Å². The predicted octanol–water partition coefficient (Wildman–Crippen LogP) is 5.07. The van der Waals surface area contributed by atoms with Crippen LogP contribution in [0.4, 0.5) is 5.69 Å². The average molecular weight is 495 g/mol.